The zero-order chi connectivity index (χ0) is 17.2. The van der Waals surface area contributed by atoms with Crippen LogP contribution in [0.5, 0.6) is 0 Å². The summed E-state index contributed by atoms with van der Waals surface area (Å²) in [6.45, 7) is 0.494. The van der Waals surface area contributed by atoms with Crippen LogP contribution in [0.15, 0.2) is 60.9 Å². The number of para-hydroxylation sites is 2. The topological polar surface area (TPSA) is 93.8 Å². The first-order valence-corrected chi connectivity index (χ1v) is 7.63. The third-order valence-corrected chi connectivity index (χ3v) is 3.80. The molecule has 0 aliphatic carbocycles. The molecule has 2 aromatic carbocycles. The first-order chi connectivity index (χ1) is 12.2. The largest absolute Gasteiger partial charge is 0.478 e. The molecule has 0 fully saturated rings. The van der Waals surface area contributed by atoms with Crippen molar-refractivity contribution >= 4 is 17.0 Å². The van der Waals surface area contributed by atoms with Crippen LogP contribution in [0.1, 0.15) is 15.9 Å². The Morgan fingerprint density at radius 2 is 1.76 bits per heavy atom. The maximum absolute atomic E-state index is 10.9. The van der Waals surface area contributed by atoms with Gasteiger partial charge in [0.15, 0.2) is 0 Å². The second-order valence-corrected chi connectivity index (χ2v) is 5.55. The first kappa shape index (κ1) is 14.9. The van der Waals surface area contributed by atoms with Crippen molar-refractivity contribution in [2.24, 2.45) is 0 Å². The molecular formula is C18H13N5O2. The molecule has 0 spiro atoms. The summed E-state index contributed by atoms with van der Waals surface area (Å²) in [6, 6.07) is 14.3. The van der Waals surface area contributed by atoms with E-state index in [2.05, 4.69) is 20.3 Å². The molecule has 0 unspecified atom stereocenters. The van der Waals surface area contributed by atoms with E-state index in [1.807, 2.05) is 24.3 Å². The monoisotopic (exact) mass is 331 g/mol. The average Bonchev–Trinajstić information content (AvgIpc) is 3.10. The lowest BCUT2D eigenvalue weighted by Gasteiger charge is -2.01. The highest BCUT2D eigenvalue weighted by atomic mass is 16.4. The molecule has 7 nitrogen and oxygen atoms in total. The molecule has 25 heavy (non-hydrogen) atoms. The molecule has 0 saturated heterocycles. The van der Waals surface area contributed by atoms with E-state index in [1.54, 1.807) is 41.3 Å². The summed E-state index contributed by atoms with van der Waals surface area (Å²) in [6.07, 6.45) is 3.47. The van der Waals surface area contributed by atoms with Crippen LogP contribution in [0.25, 0.3) is 22.4 Å². The molecule has 4 rings (SSSR count). The fraction of sp³-hybridized carbons (Fsp3) is 0.0556. The molecule has 0 amide bonds. The number of carboxylic acid groups (broad SMARTS) is 1. The van der Waals surface area contributed by atoms with Crippen molar-refractivity contribution in [3.05, 3.63) is 72.1 Å². The smallest absolute Gasteiger partial charge is 0.335 e. The predicted molar refractivity (Wildman–Crippen MR) is 91.1 cm³/mol. The minimum atomic E-state index is -0.940. The minimum Gasteiger partial charge on any atom is -0.478 e. The van der Waals surface area contributed by atoms with Crippen molar-refractivity contribution in [2.75, 3.05) is 0 Å². The van der Waals surface area contributed by atoms with Gasteiger partial charge in [0.2, 0.25) is 0 Å². The second-order valence-electron chi connectivity index (χ2n) is 5.55. The maximum Gasteiger partial charge on any atom is 0.335 e. The molecule has 2 aromatic heterocycles. The van der Waals surface area contributed by atoms with E-state index < -0.39 is 5.97 Å². The summed E-state index contributed by atoms with van der Waals surface area (Å²) < 4.78 is 1.68. The van der Waals surface area contributed by atoms with Crippen molar-refractivity contribution in [2.45, 2.75) is 6.54 Å². The number of hydrogen-bond donors (Lipinski definition) is 1. The van der Waals surface area contributed by atoms with Gasteiger partial charge in [0.1, 0.15) is 11.4 Å². The molecule has 2 heterocycles. The Kier molecular flexibility index (Phi) is 3.66. The molecular weight excluding hydrogens is 318 g/mol. The Hall–Kier alpha value is -3.61. The molecule has 0 radical (unpaired) electrons. The van der Waals surface area contributed by atoms with Crippen LogP contribution in [-0.2, 0) is 6.54 Å². The lowest BCUT2D eigenvalue weighted by atomic mass is 10.1. The van der Waals surface area contributed by atoms with E-state index in [4.69, 9.17) is 5.11 Å². The Morgan fingerprint density at radius 1 is 1.00 bits per heavy atom. The van der Waals surface area contributed by atoms with E-state index in [1.165, 1.54) is 0 Å². The van der Waals surface area contributed by atoms with Crippen LogP contribution in [0.4, 0.5) is 0 Å². The highest BCUT2D eigenvalue weighted by Crippen LogP contribution is 2.17. The summed E-state index contributed by atoms with van der Waals surface area (Å²) in [7, 11) is 0. The van der Waals surface area contributed by atoms with Gasteiger partial charge in [-0.1, -0.05) is 29.5 Å². The van der Waals surface area contributed by atoms with E-state index in [0.717, 1.165) is 16.6 Å². The highest BCUT2D eigenvalue weighted by Gasteiger charge is 2.08. The van der Waals surface area contributed by atoms with Gasteiger partial charge in [0.05, 0.1) is 35.5 Å². The zero-order valence-corrected chi connectivity index (χ0v) is 13.1. The zero-order valence-electron chi connectivity index (χ0n) is 13.1. The number of aromatic nitrogens is 5. The highest BCUT2D eigenvalue weighted by molar-refractivity contribution is 5.87. The van der Waals surface area contributed by atoms with Crippen LogP contribution in [-0.4, -0.2) is 36.0 Å². The quantitative estimate of drug-likeness (QED) is 0.618. The predicted octanol–water partition coefficient (Wildman–Crippen LogP) is 2.63. The standard InChI is InChI=1S/C18H13N5O2/c24-18(25)13-7-5-12(6-8-13)10-23-11-17(21-22-23)16-9-19-14-3-1-2-4-15(14)20-16/h1-9,11H,10H2,(H,24,25). The van der Waals surface area contributed by atoms with Crippen LogP contribution in [0.3, 0.4) is 0 Å². The van der Waals surface area contributed by atoms with E-state index in [0.29, 0.717) is 17.9 Å². The van der Waals surface area contributed by atoms with Crippen LogP contribution in [0.2, 0.25) is 0 Å². The number of fused-ring (bicyclic) bond motifs is 1. The molecule has 0 aliphatic heterocycles. The van der Waals surface area contributed by atoms with Crippen molar-refractivity contribution in [3.63, 3.8) is 0 Å². The normalized spacial score (nSPS) is 10.9. The first-order valence-electron chi connectivity index (χ1n) is 7.63. The van der Waals surface area contributed by atoms with Gasteiger partial charge in [-0.25, -0.2) is 14.5 Å². The van der Waals surface area contributed by atoms with Gasteiger partial charge in [-0.2, -0.15) is 0 Å². The van der Waals surface area contributed by atoms with Crippen molar-refractivity contribution in [1.82, 2.24) is 25.0 Å². The SMILES string of the molecule is O=C(O)c1ccc(Cn2cc(-c3cnc4ccccc4n3)nn2)cc1. The van der Waals surface area contributed by atoms with E-state index in [9.17, 15) is 4.79 Å². The third-order valence-electron chi connectivity index (χ3n) is 3.80. The van der Waals surface area contributed by atoms with Crippen LogP contribution in [0, 0.1) is 0 Å². The van der Waals surface area contributed by atoms with Crippen molar-refractivity contribution < 1.29 is 9.90 Å². The summed E-state index contributed by atoms with van der Waals surface area (Å²) in [5.41, 5.74) is 4.13. The molecule has 1 N–H and O–H groups in total. The van der Waals surface area contributed by atoms with Gasteiger partial charge in [-0.05, 0) is 29.8 Å². The number of aromatic carboxylic acids is 1. The van der Waals surface area contributed by atoms with Gasteiger partial charge < -0.3 is 5.11 Å². The Balaban J connectivity index is 1.57. The summed E-state index contributed by atoms with van der Waals surface area (Å²) in [5, 5.41) is 17.2. The number of nitrogens with zero attached hydrogens (tertiary/aromatic N) is 5. The third kappa shape index (κ3) is 3.07. The molecule has 0 atom stereocenters. The molecule has 122 valence electrons. The number of carboxylic acids is 1. The van der Waals surface area contributed by atoms with E-state index in [-0.39, 0.29) is 5.56 Å². The molecule has 0 bridgehead atoms. The summed E-state index contributed by atoms with van der Waals surface area (Å²) in [5.74, 6) is -0.940. The molecule has 7 heteroatoms. The van der Waals surface area contributed by atoms with Gasteiger partial charge in [0, 0.05) is 0 Å². The number of hydrogen-bond acceptors (Lipinski definition) is 5. The number of rotatable bonds is 4. The molecule has 4 aromatic rings. The Morgan fingerprint density at radius 3 is 2.52 bits per heavy atom. The van der Waals surface area contributed by atoms with Gasteiger partial charge in [-0.3, -0.25) is 4.98 Å². The number of carbonyl (C=O) groups is 1. The van der Waals surface area contributed by atoms with Gasteiger partial charge in [-0.15, -0.1) is 5.10 Å². The fourth-order valence-electron chi connectivity index (χ4n) is 2.51. The average molecular weight is 331 g/mol. The van der Waals surface area contributed by atoms with Crippen LogP contribution >= 0.6 is 0 Å². The summed E-state index contributed by atoms with van der Waals surface area (Å²) in [4.78, 5) is 19.8. The fourth-order valence-corrected chi connectivity index (χ4v) is 2.51. The van der Waals surface area contributed by atoms with Gasteiger partial charge in [0.25, 0.3) is 0 Å². The maximum atomic E-state index is 10.9. The Labute approximate surface area is 142 Å². The lowest BCUT2D eigenvalue weighted by molar-refractivity contribution is 0.0697. The number of benzene rings is 2. The molecule has 0 saturated carbocycles. The van der Waals surface area contributed by atoms with Crippen molar-refractivity contribution in [3.8, 4) is 11.4 Å². The van der Waals surface area contributed by atoms with Crippen molar-refractivity contribution in [1.29, 1.82) is 0 Å². The molecule has 0 aliphatic rings. The van der Waals surface area contributed by atoms with E-state index >= 15 is 0 Å². The second kappa shape index (κ2) is 6.12. The van der Waals surface area contributed by atoms with Crippen LogP contribution < -0.4 is 0 Å². The Bertz CT molecular complexity index is 1060. The lowest BCUT2D eigenvalue weighted by Crippen LogP contribution is -2.01. The summed E-state index contributed by atoms with van der Waals surface area (Å²) >= 11 is 0. The van der Waals surface area contributed by atoms with Gasteiger partial charge >= 0.3 is 5.97 Å². The minimum absolute atomic E-state index is 0.259.